The summed E-state index contributed by atoms with van der Waals surface area (Å²) in [5, 5.41) is 0. The number of piperidine rings is 1. The van der Waals surface area contributed by atoms with Gasteiger partial charge in [-0.05, 0) is 26.2 Å². The van der Waals surface area contributed by atoms with Gasteiger partial charge in [-0.1, -0.05) is 6.08 Å². The highest BCUT2D eigenvalue weighted by atomic mass is 16.2. The summed E-state index contributed by atoms with van der Waals surface area (Å²) in [4.78, 5) is 33.2. The van der Waals surface area contributed by atoms with Gasteiger partial charge >= 0.3 is 5.69 Å². The third-order valence-corrected chi connectivity index (χ3v) is 4.36. The van der Waals surface area contributed by atoms with Crippen molar-refractivity contribution in [3.05, 3.63) is 33.5 Å². The Morgan fingerprint density at radius 3 is 2.86 bits per heavy atom. The third-order valence-electron chi connectivity index (χ3n) is 4.36. The molecule has 3 rings (SSSR count). The van der Waals surface area contributed by atoms with Gasteiger partial charge in [-0.3, -0.25) is 14.3 Å². The minimum atomic E-state index is -0.445. The lowest BCUT2D eigenvalue weighted by Crippen LogP contribution is -2.39. The smallest absolute Gasteiger partial charge is 0.329 e. The molecule has 7 heteroatoms. The van der Waals surface area contributed by atoms with Crippen LogP contribution in [-0.2, 0) is 13.6 Å². The predicted octanol–water partition coefficient (Wildman–Crippen LogP) is 0.988. The van der Waals surface area contributed by atoms with Crippen LogP contribution in [0.4, 0.5) is 5.95 Å². The Bertz CT molecular complexity index is 829. The summed E-state index contributed by atoms with van der Waals surface area (Å²) in [6, 6.07) is 0.366. The first-order valence-electron chi connectivity index (χ1n) is 7.61. The van der Waals surface area contributed by atoms with Crippen molar-refractivity contribution in [2.75, 3.05) is 11.4 Å². The van der Waals surface area contributed by atoms with E-state index in [0.717, 1.165) is 25.3 Å². The molecule has 1 aliphatic rings. The van der Waals surface area contributed by atoms with E-state index in [1.807, 2.05) is 4.57 Å². The molecule has 0 aromatic carbocycles. The van der Waals surface area contributed by atoms with Crippen LogP contribution in [0.2, 0.25) is 0 Å². The molecule has 0 saturated carbocycles. The summed E-state index contributed by atoms with van der Waals surface area (Å²) in [6.07, 6.45) is 5.16. The van der Waals surface area contributed by atoms with Crippen LogP contribution in [0.25, 0.3) is 11.2 Å². The molecule has 1 N–H and O–H groups in total. The summed E-state index contributed by atoms with van der Waals surface area (Å²) in [7, 11) is 1.62. The molecule has 1 atom stereocenters. The topological polar surface area (TPSA) is 75.9 Å². The number of fused-ring (bicyclic) bond motifs is 1. The number of H-pyrrole nitrogens is 1. The van der Waals surface area contributed by atoms with Crippen LogP contribution in [-0.4, -0.2) is 31.7 Å². The van der Waals surface area contributed by atoms with Gasteiger partial charge in [0.2, 0.25) is 5.95 Å². The Hall–Kier alpha value is -2.31. The van der Waals surface area contributed by atoms with Gasteiger partial charge in [-0.15, -0.1) is 6.58 Å². The van der Waals surface area contributed by atoms with Crippen molar-refractivity contribution in [1.82, 2.24) is 19.1 Å². The third kappa shape index (κ3) is 2.17. The highest BCUT2D eigenvalue weighted by Crippen LogP contribution is 2.26. The van der Waals surface area contributed by atoms with E-state index in [1.54, 1.807) is 13.1 Å². The molecule has 1 aliphatic heterocycles. The predicted molar refractivity (Wildman–Crippen MR) is 86.5 cm³/mol. The van der Waals surface area contributed by atoms with E-state index >= 15 is 0 Å². The van der Waals surface area contributed by atoms with Crippen LogP contribution >= 0.6 is 0 Å². The van der Waals surface area contributed by atoms with Crippen LogP contribution in [0.1, 0.15) is 26.2 Å². The number of nitrogens with zero attached hydrogens (tertiary/aromatic N) is 4. The van der Waals surface area contributed by atoms with Crippen LogP contribution < -0.4 is 16.1 Å². The lowest BCUT2D eigenvalue weighted by Gasteiger charge is -2.34. The van der Waals surface area contributed by atoms with E-state index < -0.39 is 11.2 Å². The number of aryl methyl sites for hydroxylation is 1. The maximum Gasteiger partial charge on any atom is 0.329 e. The number of allylic oxidation sites excluding steroid dienone is 1. The molecule has 0 unspecified atom stereocenters. The van der Waals surface area contributed by atoms with Crippen molar-refractivity contribution < 1.29 is 0 Å². The second-order valence-electron chi connectivity index (χ2n) is 5.84. The summed E-state index contributed by atoms with van der Waals surface area (Å²) in [5.41, 5.74) is 0.000468. The number of rotatable bonds is 3. The average Bonchev–Trinajstić information content (AvgIpc) is 2.86. The van der Waals surface area contributed by atoms with E-state index in [0.29, 0.717) is 23.8 Å². The molecule has 0 amide bonds. The van der Waals surface area contributed by atoms with Crippen molar-refractivity contribution in [1.29, 1.82) is 0 Å². The molecule has 118 valence electrons. The number of nitrogens with one attached hydrogen (secondary N) is 1. The van der Waals surface area contributed by atoms with Gasteiger partial charge in [0.15, 0.2) is 11.2 Å². The van der Waals surface area contributed by atoms with Gasteiger partial charge in [0.1, 0.15) is 0 Å². The van der Waals surface area contributed by atoms with E-state index in [9.17, 15) is 9.59 Å². The van der Waals surface area contributed by atoms with E-state index in [1.165, 1.54) is 11.0 Å². The minimum Gasteiger partial charge on any atom is -0.339 e. The van der Waals surface area contributed by atoms with Gasteiger partial charge < -0.3 is 9.47 Å². The zero-order chi connectivity index (χ0) is 15.9. The fourth-order valence-electron chi connectivity index (χ4n) is 3.14. The Morgan fingerprint density at radius 2 is 2.18 bits per heavy atom. The quantitative estimate of drug-likeness (QED) is 0.858. The molecule has 3 heterocycles. The first kappa shape index (κ1) is 14.6. The largest absolute Gasteiger partial charge is 0.339 e. The Morgan fingerprint density at radius 1 is 1.41 bits per heavy atom. The first-order chi connectivity index (χ1) is 10.5. The SMILES string of the molecule is C=CCn1c(N2CCCC[C@@H]2C)nc2c1c(=O)[nH]c(=O)n2C. The Balaban J connectivity index is 2.30. The highest BCUT2D eigenvalue weighted by molar-refractivity contribution is 5.74. The molecule has 1 saturated heterocycles. The van der Waals surface area contributed by atoms with Gasteiger partial charge in [0, 0.05) is 26.2 Å². The zero-order valence-corrected chi connectivity index (χ0v) is 13.0. The van der Waals surface area contributed by atoms with Gasteiger partial charge in [-0.25, -0.2) is 4.79 Å². The summed E-state index contributed by atoms with van der Waals surface area (Å²) >= 11 is 0. The van der Waals surface area contributed by atoms with Gasteiger partial charge in [0.05, 0.1) is 0 Å². The second kappa shape index (κ2) is 5.47. The number of anilines is 1. The van der Waals surface area contributed by atoms with Crippen molar-refractivity contribution in [3.8, 4) is 0 Å². The molecule has 0 aliphatic carbocycles. The van der Waals surface area contributed by atoms with Crippen LogP contribution in [0, 0.1) is 0 Å². The summed E-state index contributed by atoms with van der Waals surface area (Å²) in [5.74, 6) is 0.744. The molecular formula is C15H21N5O2. The van der Waals surface area contributed by atoms with E-state index in [4.69, 9.17) is 0 Å². The van der Waals surface area contributed by atoms with Crippen molar-refractivity contribution >= 4 is 17.1 Å². The molecule has 1 fully saturated rings. The number of hydrogen-bond donors (Lipinski definition) is 1. The van der Waals surface area contributed by atoms with E-state index in [-0.39, 0.29) is 0 Å². The standard InChI is InChI=1S/C15H21N5O2/c1-4-8-20-11-12(18(3)15(22)17-13(11)21)16-14(20)19-9-6-5-7-10(19)2/h4,10H,1,5-9H2,2-3H3,(H,17,21,22)/t10-/m0/s1. The average molecular weight is 303 g/mol. The van der Waals surface area contributed by atoms with Crippen molar-refractivity contribution in [3.63, 3.8) is 0 Å². The lowest BCUT2D eigenvalue weighted by molar-refractivity contribution is 0.472. The van der Waals surface area contributed by atoms with Crippen LogP contribution in [0.15, 0.2) is 22.2 Å². The van der Waals surface area contributed by atoms with Crippen molar-refractivity contribution in [2.24, 2.45) is 7.05 Å². The van der Waals surface area contributed by atoms with E-state index in [2.05, 4.69) is 28.4 Å². The first-order valence-corrected chi connectivity index (χ1v) is 7.61. The maximum atomic E-state index is 12.2. The fourth-order valence-corrected chi connectivity index (χ4v) is 3.14. The van der Waals surface area contributed by atoms with Gasteiger partial charge in [-0.2, -0.15) is 4.98 Å². The number of hydrogen-bond acceptors (Lipinski definition) is 4. The van der Waals surface area contributed by atoms with Crippen LogP contribution in [0.5, 0.6) is 0 Å². The molecule has 0 spiro atoms. The Kier molecular flexibility index (Phi) is 3.64. The number of imidazole rings is 1. The van der Waals surface area contributed by atoms with Gasteiger partial charge in [0.25, 0.3) is 5.56 Å². The lowest BCUT2D eigenvalue weighted by atomic mass is 10.0. The van der Waals surface area contributed by atoms with Crippen LogP contribution in [0.3, 0.4) is 0 Å². The van der Waals surface area contributed by atoms with Crippen molar-refractivity contribution in [2.45, 2.75) is 38.8 Å². The molecule has 2 aromatic heterocycles. The summed E-state index contributed by atoms with van der Waals surface area (Å²) < 4.78 is 3.23. The molecular weight excluding hydrogens is 282 g/mol. The normalized spacial score (nSPS) is 18.8. The molecule has 22 heavy (non-hydrogen) atoms. The number of aromatic amines is 1. The summed E-state index contributed by atoms with van der Waals surface area (Å²) in [6.45, 7) is 7.33. The molecule has 7 nitrogen and oxygen atoms in total. The Labute approximate surface area is 127 Å². The zero-order valence-electron chi connectivity index (χ0n) is 13.0. The molecule has 0 bridgehead atoms. The fraction of sp³-hybridized carbons (Fsp3) is 0.533. The molecule has 0 radical (unpaired) electrons. The monoisotopic (exact) mass is 303 g/mol. The molecule has 2 aromatic rings. The highest BCUT2D eigenvalue weighted by Gasteiger charge is 2.25. The second-order valence-corrected chi connectivity index (χ2v) is 5.84. The number of aromatic nitrogens is 4. The maximum absolute atomic E-state index is 12.2. The minimum absolute atomic E-state index is 0.366.